The molecule has 2 nitrogen and oxygen atoms in total. The summed E-state index contributed by atoms with van der Waals surface area (Å²) in [5.41, 5.74) is 3.79. The van der Waals surface area contributed by atoms with Crippen molar-refractivity contribution in [2.75, 3.05) is 11.9 Å². The standard InChI is InChI=1S/C10H11ClN2S/c1-2-5-12-9-7(11)3-4-8-10(9)13-6-14-8/h3-4,6,12H,2,5H2,1H3. The van der Waals surface area contributed by atoms with E-state index < -0.39 is 0 Å². The molecule has 0 aliphatic carbocycles. The third-order valence-electron chi connectivity index (χ3n) is 2.00. The van der Waals surface area contributed by atoms with E-state index in [-0.39, 0.29) is 0 Å². The quantitative estimate of drug-likeness (QED) is 0.862. The van der Waals surface area contributed by atoms with Crippen LogP contribution in [0.1, 0.15) is 13.3 Å². The fourth-order valence-corrected chi connectivity index (χ4v) is 2.23. The SMILES string of the molecule is CCCNc1c(Cl)ccc2scnc12. The first kappa shape index (κ1) is 9.74. The van der Waals surface area contributed by atoms with E-state index >= 15 is 0 Å². The molecule has 2 rings (SSSR count). The summed E-state index contributed by atoms with van der Waals surface area (Å²) in [6.45, 7) is 3.05. The van der Waals surface area contributed by atoms with Crippen LogP contribution in [0.15, 0.2) is 17.6 Å². The van der Waals surface area contributed by atoms with E-state index in [0.717, 1.165) is 29.2 Å². The molecule has 2 aromatic rings. The fraction of sp³-hybridized carbons (Fsp3) is 0.300. The molecular formula is C10H11ClN2S. The zero-order chi connectivity index (χ0) is 9.97. The number of rotatable bonds is 3. The van der Waals surface area contributed by atoms with Gasteiger partial charge in [-0.25, -0.2) is 4.98 Å². The Balaban J connectivity index is 2.47. The third-order valence-corrected chi connectivity index (χ3v) is 3.11. The first-order chi connectivity index (χ1) is 6.83. The first-order valence-electron chi connectivity index (χ1n) is 4.58. The zero-order valence-corrected chi connectivity index (χ0v) is 9.45. The predicted octanol–water partition coefficient (Wildman–Crippen LogP) is 3.77. The van der Waals surface area contributed by atoms with Crippen LogP contribution in [0.5, 0.6) is 0 Å². The topological polar surface area (TPSA) is 24.9 Å². The Bertz CT molecular complexity index is 439. The Morgan fingerprint density at radius 3 is 3.14 bits per heavy atom. The van der Waals surface area contributed by atoms with Crippen LogP contribution in [0.2, 0.25) is 5.02 Å². The minimum absolute atomic E-state index is 0.747. The third kappa shape index (κ3) is 1.70. The van der Waals surface area contributed by atoms with Gasteiger partial charge in [-0.15, -0.1) is 11.3 Å². The number of benzene rings is 1. The average molecular weight is 227 g/mol. The molecule has 0 spiro atoms. The Labute approximate surface area is 91.9 Å². The molecule has 14 heavy (non-hydrogen) atoms. The maximum atomic E-state index is 6.10. The van der Waals surface area contributed by atoms with Gasteiger partial charge in [-0.1, -0.05) is 18.5 Å². The summed E-state index contributed by atoms with van der Waals surface area (Å²) < 4.78 is 1.17. The minimum Gasteiger partial charge on any atom is -0.382 e. The monoisotopic (exact) mass is 226 g/mol. The number of hydrogen-bond donors (Lipinski definition) is 1. The summed E-state index contributed by atoms with van der Waals surface area (Å²) in [6, 6.07) is 3.92. The molecule has 0 atom stereocenters. The molecule has 1 N–H and O–H groups in total. The van der Waals surface area contributed by atoms with E-state index in [4.69, 9.17) is 11.6 Å². The molecule has 1 aromatic heterocycles. The van der Waals surface area contributed by atoms with Crippen LogP contribution in [0.3, 0.4) is 0 Å². The highest BCUT2D eigenvalue weighted by Crippen LogP contribution is 2.31. The van der Waals surface area contributed by atoms with Gasteiger partial charge in [0.15, 0.2) is 0 Å². The van der Waals surface area contributed by atoms with Gasteiger partial charge in [0.2, 0.25) is 0 Å². The molecule has 0 aliphatic rings. The summed E-state index contributed by atoms with van der Waals surface area (Å²) in [6.07, 6.45) is 1.08. The van der Waals surface area contributed by atoms with Crippen LogP contribution in [0.25, 0.3) is 10.2 Å². The summed E-state index contributed by atoms with van der Waals surface area (Å²) in [7, 11) is 0. The van der Waals surface area contributed by atoms with E-state index in [1.54, 1.807) is 11.3 Å². The molecule has 1 heterocycles. The Hall–Kier alpha value is -0.800. The van der Waals surface area contributed by atoms with Crippen LogP contribution in [-0.4, -0.2) is 11.5 Å². The van der Waals surface area contributed by atoms with E-state index in [0.29, 0.717) is 0 Å². The summed E-state index contributed by atoms with van der Waals surface area (Å²) >= 11 is 7.73. The highest BCUT2D eigenvalue weighted by Gasteiger charge is 2.07. The molecule has 0 saturated carbocycles. The van der Waals surface area contributed by atoms with Crippen molar-refractivity contribution < 1.29 is 0 Å². The van der Waals surface area contributed by atoms with Crippen molar-refractivity contribution in [2.24, 2.45) is 0 Å². The second-order valence-electron chi connectivity index (χ2n) is 3.05. The molecule has 0 radical (unpaired) electrons. The minimum atomic E-state index is 0.747. The highest BCUT2D eigenvalue weighted by molar-refractivity contribution is 7.16. The average Bonchev–Trinajstić information content (AvgIpc) is 2.64. The number of hydrogen-bond acceptors (Lipinski definition) is 3. The molecule has 0 fully saturated rings. The number of fused-ring (bicyclic) bond motifs is 1. The van der Waals surface area contributed by atoms with Crippen LogP contribution in [0.4, 0.5) is 5.69 Å². The summed E-state index contributed by atoms with van der Waals surface area (Å²) in [5.74, 6) is 0. The Morgan fingerprint density at radius 2 is 2.36 bits per heavy atom. The molecule has 74 valence electrons. The largest absolute Gasteiger partial charge is 0.382 e. The maximum Gasteiger partial charge on any atom is 0.106 e. The van der Waals surface area contributed by atoms with Gasteiger partial charge in [0.05, 0.1) is 20.9 Å². The van der Waals surface area contributed by atoms with Gasteiger partial charge in [-0.3, -0.25) is 0 Å². The molecule has 0 saturated heterocycles. The van der Waals surface area contributed by atoms with E-state index in [1.807, 2.05) is 17.6 Å². The zero-order valence-electron chi connectivity index (χ0n) is 7.88. The van der Waals surface area contributed by atoms with Crippen molar-refractivity contribution in [1.29, 1.82) is 0 Å². The van der Waals surface area contributed by atoms with E-state index in [1.165, 1.54) is 4.70 Å². The normalized spacial score (nSPS) is 10.7. The van der Waals surface area contributed by atoms with Gasteiger partial charge in [0.25, 0.3) is 0 Å². The lowest BCUT2D eigenvalue weighted by Crippen LogP contribution is -2.00. The van der Waals surface area contributed by atoms with Crippen LogP contribution >= 0.6 is 22.9 Å². The number of halogens is 1. The van der Waals surface area contributed by atoms with Gasteiger partial charge in [0, 0.05) is 6.54 Å². The second kappa shape index (κ2) is 4.15. The van der Waals surface area contributed by atoms with Crippen LogP contribution < -0.4 is 5.32 Å². The Kier molecular flexibility index (Phi) is 2.89. The second-order valence-corrected chi connectivity index (χ2v) is 4.34. The van der Waals surface area contributed by atoms with Gasteiger partial charge in [-0.2, -0.15) is 0 Å². The highest BCUT2D eigenvalue weighted by atomic mass is 35.5. The van der Waals surface area contributed by atoms with Crippen molar-refractivity contribution >= 4 is 38.8 Å². The number of aromatic nitrogens is 1. The first-order valence-corrected chi connectivity index (χ1v) is 5.84. The number of nitrogens with one attached hydrogen (secondary N) is 1. The molecule has 4 heteroatoms. The number of nitrogens with zero attached hydrogens (tertiary/aromatic N) is 1. The maximum absolute atomic E-state index is 6.10. The molecular weight excluding hydrogens is 216 g/mol. The van der Waals surface area contributed by atoms with Crippen molar-refractivity contribution in [1.82, 2.24) is 4.98 Å². The van der Waals surface area contributed by atoms with Crippen molar-refractivity contribution in [3.8, 4) is 0 Å². The fourth-order valence-electron chi connectivity index (χ4n) is 1.32. The molecule has 1 aromatic carbocycles. The van der Waals surface area contributed by atoms with E-state index in [9.17, 15) is 0 Å². The summed E-state index contributed by atoms with van der Waals surface area (Å²) in [4.78, 5) is 4.30. The molecule has 0 unspecified atom stereocenters. The molecule has 0 aliphatic heterocycles. The van der Waals surface area contributed by atoms with Crippen LogP contribution in [-0.2, 0) is 0 Å². The van der Waals surface area contributed by atoms with Gasteiger partial charge < -0.3 is 5.32 Å². The van der Waals surface area contributed by atoms with Gasteiger partial charge >= 0.3 is 0 Å². The van der Waals surface area contributed by atoms with Gasteiger partial charge in [-0.05, 0) is 18.6 Å². The van der Waals surface area contributed by atoms with E-state index in [2.05, 4.69) is 17.2 Å². The lowest BCUT2D eigenvalue weighted by molar-refractivity contribution is 0.981. The van der Waals surface area contributed by atoms with Gasteiger partial charge in [0.1, 0.15) is 5.52 Å². The number of anilines is 1. The van der Waals surface area contributed by atoms with Crippen molar-refractivity contribution in [2.45, 2.75) is 13.3 Å². The lowest BCUT2D eigenvalue weighted by atomic mass is 10.3. The molecule has 0 amide bonds. The summed E-state index contributed by atoms with van der Waals surface area (Å²) in [5, 5.41) is 4.05. The predicted molar refractivity (Wildman–Crippen MR) is 63.4 cm³/mol. The van der Waals surface area contributed by atoms with Crippen molar-refractivity contribution in [3.05, 3.63) is 22.7 Å². The molecule has 0 bridgehead atoms. The lowest BCUT2D eigenvalue weighted by Gasteiger charge is -2.07. The van der Waals surface area contributed by atoms with Crippen LogP contribution in [0, 0.1) is 0 Å². The smallest absolute Gasteiger partial charge is 0.106 e. The van der Waals surface area contributed by atoms with Crippen molar-refractivity contribution in [3.63, 3.8) is 0 Å². The number of thiazole rings is 1. The Morgan fingerprint density at radius 1 is 1.50 bits per heavy atom.